The van der Waals surface area contributed by atoms with Crippen molar-refractivity contribution in [2.24, 2.45) is 0 Å². The fourth-order valence-corrected chi connectivity index (χ4v) is 2.34. The van der Waals surface area contributed by atoms with Crippen LogP contribution in [0.4, 0.5) is 0 Å². The highest BCUT2D eigenvalue weighted by molar-refractivity contribution is 6.33. The molecule has 0 atom stereocenters. The van der Waals surface area contributed by atoms with Crippen LogP contribution in [0.3, 0.4) is 0 Å². The highest BCUT2D eigenvalue weighted by atomic mass is 35.5. The van der Waals surface area contributed by atoms with Crippen molar-refractivity contribution in [2.45, 2.75) is 25.7 Å². The van der Waals surface area contributed by atoms with Crippen molar-refractivity contribution in [2.75, 3.05) is 0 Å². The second-order valence-corrected chi connectivity index (χ2v) is 5.09. The monoisotopic (exact) mass is 277 g/mol. The molecule has 0 bridgehead atoms. The van der Waals surface area contributed by atoms with Crippen molar-refractivity contribution in [3.05, 3.63) is 40.3 Å². The first kappa shape index (κ1) is 12.2. The van der Waals surface area contributed by atoms with Gasteiger partial charge in [-0.2, -0.15) is 5.10 Å². The van der Waals surface area contributed by atoms with Gasteiger partial charge in [0.05, 0.1) is 5.69 Å². The second-order valence-electron chi connectivity index (χ2n) is 4.73. The maximum Gasteiger partial charge on any atom is 0.340 e. The Hall–Kier alpha value is -1.88. The number of aromatic carboxylic acids is 1. The van der Waals surface area contributed by atoms with E-state index in [2.05, 4.69) is 10.1 Å². The number of carbonyl (C=O) groups is 1. The summed E-state index contributed by atoms with van der Waals surface area (Å²) in [6.45, 7) is 1.93. The average molecular weight is 278 g/mol. The van der Waals surface area contributed by atoms with Gasteiger partial charge in [-0.3, -0.25) is 0 Å². The number of aryl methyl sites for hydroxylation is 1. The highest BCUT2D eigenvalue weighted by Gasteiger charge is 2.34. The topological polar surface area (TPSA) is 68.0 Å². The SMILES string of the molecule is Cc1ccnc(-n2nc(C3CC3)c(C(=O)O)c2Cl)c1. The first-order valence-corrected chi connectivity index (χ1v) is 6.40. The predicted octanol–water partition coefficient (Wildman–Crippen LogP) is 2.80. The maximum absolute atomic E-state index is 11.3. The number of nitrogens with zero attached hydrogens (tertiary/aromatic N) is 3. The van der Waals surface area contributed by atoms with Crippen LogP contribution in [0.5, 0.6) is 0 Å². The largest absolute Gasteiger partial charge is 0.478 e. The molecule has 5 nitrogen and oxygen atoms in total. The Morgan fingerprint density at radius 1 is 1.53 bits per heavy atom. The Balaban J connectivity index is 2.17. The molecule has 0 amide bonds. The van der Waals surface area contributed by atoms with Gasteiger partial charge >= 0.3 is 5.97 Å². The molecule has 19 heavy (non-hydrogen) atoms. The van der Waals surface area contributed by atoms with Crippen LogP contribution >= 0.6 is 11.6 Å². The minimum Gasteiger partial charge on any atom is -0.478 e. The summed E-state index contributed by atoms with van der Waals surface area (Å²) in [6, 6.07) is 3.68. The fraction of sp³-hybridized carbons (Fsp3) is 0.308. The molecule has 2 aromatic rings. The van der Waals surface area contributed by atoms with Crippen LogP contribution in [0.15, 0.2) is 18.3 Å². The molecule has 6 heteroatoms. The van der Waals surface area contributed by atoms with E-state index in [4.69, 9.17) is 11.6 Å². The molecule has 3 rings (SSSR count). The average Bonchev–Trinajstić information content (AvgIpc) is 3.13. The molecule has 1 aliphatic rings. The van der Waals surface area contributed by atoms with Crippen LogP contribution in [0.25, 0.3) is 5.82 Å². The molecule has 2 aromatic heterocycles. The van der Waals surface area contributed by atoms with Crippen LogP contribution in [0.1, 0.15) is 40.4 Å². The van der Waals surface area contributed by atoms with Crippen LogP contribution in [-0.4, -0.2) is 25.8 Å². The third-order valence-corrected chi connectivity index (χ3v) is 3.50. The van der Waals surface area contributed by atoms with Gasteiger partial charge < -0.3 is 5.11 Å². The van der Waals surface area contributed by atoms with E-state index in [1.54, 1.807) is 6.20 Å². The minimum absolute atomic E-state index is 0.104. The van der Waals surface area contributed by atoms with E-state index in [1.807, 2.05) is 19.1 Å². The lowest BCUT2D eigenvalue weighted by molar-refractivity contribution is 0.0696. The summed E-state index contributed by atoms with van der Waals surface area (Å²) >= 11 is 6.16. The molecule has 0 unspecified atom stereocenters. The van der Waals surface area contributed by atoms with Crippen molar-refractivity contribution < 1.29 is 9.90 Å². The Morgan fingerprint density at radius 3 is 2.84 bits per heavy atom. The Morgan fingerprint density at radius 2 is 2.26 bits per heavy atom. The summed E-state index contributed by atoms with van der Waals surface area (Å²) in [7, 11) is 0. The number of pyridine rings is 1. The van der Waals surface area contributed by atoms with E-state index in [0.717, 1.165) is 18.4 Å². The molecule has 0 radical (unpaired) electrons. The number of carboxylic acid groups (broad SMARTS) is 1. The Kier molecular flexibility index (Phi) is 2.78. The van der Waals surface area contributed by atoms with Crippen molar-refractivity contribution >= 4 is 17.6 Å². The van der Waals surface area contributed by atoms with Gasteiger partial charge in [-0.1, -0.05) is 11.6 Å². The zero-order valence-electron chi connectivity index (χ0n) is 10.3. The van der Waals surface area contributed by atoms with E-state index in [-0.39, 0.29) is 16.6 Å². The summed E-state index contributed by atoms with van der Waals surface area (Å²) in [5.74, 6) is -0.278. The quantitative estimate of drug-likeness (QED) is 0.937. The molecule has 1 N–H and O–H groups in total. The zero-order chi connectivity index (χ0) is 13.6. The fourth-order valence-electron chi connectivity index (χ4n) is 2.04. The van der Waals surface area contributed by atoms with Crippen molar-refractivity contribution in [3.63, 3.8) is 0 Å². The molecule has 1 fully saturated rings. The summed E-state index contributed by atoms with van der Waals surface area (Å²) in [5.41, 5.74) is 1.69. The number of rotatable bonds is 3. The lowest BCUT2D eigenvalue weighted by atomic mass is 10.2. The first-order valence-electron chi connectivity index (χ1n) is 6.02. The number of halogens is 1. The molecule has 2 heterocycles. The number of carboxylic acids is 1. The number of hydrogen-bond donors (Lipinski definition) is 1. The van der Waals surface area contributed by atoms with Crippen LogP contribution in [0, 0.1) is 6.92 Å². The summed E-state index contributed by atoms with van der Waals surface area (Å²) in [6.07, 6.45) is 3.59. The third-order valence-electron chi connectivity index (χ3n) is 3.15. The highest BCUT2D eigenvalue weighted by Crippen LogP contribution is 2.42. The molecule has 98 valence electrons. The third kappa shape index (κ3) is 2.10. The predicted molar refractivity (Wildman–Crippen MR) is 70.0 cm³/mol. The zero-order valence-corrected chi connectivity index (χ0v) is 11.1. The molecular formula is C13H12ClN3O2. The Labute approximate surface area is 114 Å². The lowest BCUT2D eigenvalue weighted by Crippen LogP contribution is -2.01. The summed E-state index contributed by atoms with van der Waals surface area (Å²) in [4.78, 5) is 15.5. The second kappa shape index (κ2) is 4.35. The molecule has 0 aliphatic heterocycles. The molecule has 1 saturated carbocycles. The maximum atomic E-state index is 11.3. The van der Waals surface area contributed by atoms with Crippen molar-refractivity contribution in [1.29, 1.82) is 0 Å². The van der Waals surface area contributed by atoms with Gasteiger partial charge in [-0.15, -0.1) is 0 Å². The van der Waals surface area contributed by atoms with Crippen LogP contribution < -0.4 is 0 Å². The van der Waals surface area contributed by atoms with Crippen molar-refractivity contribution in [1.82, 2.24) is 14.8 Å². The van der Waals surface area contributed by atoms with Crippen LogP contribution in [0.2, 0.25) is 5.15 Å². The van der Waals surface area contributed by atoms with E-state index in [1.165, 1.54) is 4.68 Å². The summed E-state index contributed by atoms with van der Waals surface area (Å²) in [5, 5.41) is 13.7. The minimum atomic E-state index is -1.04. The van der Waals surface area contributed by atoms with Crippen LogP contribution in [-0.2, 0) is 0 Å². The molecule has 0 saturated heterocycles. The van der Waals surface area contributed by atoms with E-state index >= 15 is 0 Å². The first-order chi connectivity index (χ1) is 9.08. The van der Waals surface area contributed by atoms with Gasteiger partial charge in [-0.25, -0.2) is 14.5 Å². The molecule has 1 aliphatic carbocycles. The van der Waals surface area contributed by atoms with Gasteiger partial charge in [0.25, 0.3) is 0 Å². The molecule has 0 spiro atoms. The van der Waals surface area contributed by atoms with E-state index < -0.39 is 5.97 Å². The molecular weight excluding hydrogens is 266 g/mol. The Bertz CT molecular complexity index is 662. The van der Waals surface area contributed by atoms with Gasteiger partial charge in [0, 0.05) is 12.1 Å². The number of hydrogen-bond acceptors (Lipinski definition) is 3. The normalized spacial score (nSPS) is 14.6. The smallest absolute Gasteiger partial charge is 0.340 e. The van der Waals surface area contributed by atoms with Gasteiger partial charge in [0.15, 0.2) is 5.82 Å². The van der Waals surface area contributed by atoms with Gasteiger partial charge in [0.1, 0.15) is 10.7 Å². The number of aromatic nitrogens is 3. The summed E-state index contributed by atoms with van der Waals surface area (Å²) < 4.78 is 1.41. The van der Waals surface area contributed by atoms with Crippen molar-refractivity contribution in [3.8, 4) is 5.82 Å². The van der Waals surface area contributed by atoms with Gasteiger partial charge in [0.2, 0.25) is 0 Å². The van der Waals surface area contributed by atoms with E-state index in [9.17, 15) is 9.90 Å². The molecule has 0 aromatic carbocycles. The standard InChI is InChI=1S/C13H12ClN3O2/c1-7-4-5-15-9(6-7)17-12(14)10(13(18)19)11(16-17)8-2-3-8/h4-6,8H,2-3H2,1H3,(H,18,19). The van der Waals surface area contributed by atoms with Gasteiger partial charge in [-0.05, 0) is 37.5 Å². The van der Waals surface area contributed by atoms with E-state index in [0.29, 0.717) is 11.5 Å². The lowest BCUT2D eigenvalue weighted by Gasteiger charge is -2.02.